The van der Waals surface area contributed by atoms with Crippen LogP contribution in [0.15, 0.2) is 194 Å². The lowest BCUT2D eigenvalue weighted by Gasteiger charge is -2.45. The second-order valence-electron chi connectivity index (χ2n) is 21.9. The minimum Gasteiger partial charge on any atom is -0.309 e. The average Bonchev–Trinajstić information content (AvgIpc) is 4.26. The molecule has 69 heavy (non-hydrogen) atoms. The summed E-state index contributed by atoms with van der Waals surface area (Å²) < 4.78 is 2.67. The number of hydrogen-bond donors (Lipinski definition) is 0. The lowest BCUT2D eigenvalue weighted by molar-refractivity contribution is 0.169. The van der Waals surface area contributed by atoms with Crippen LogP contribution in [0.3, 0.4) is 0 Å². The SMILES string of the molecule is CC12C=CC(c3ccccc3N(c3cccc(-c4cccc5sc6ccccc6c45)c3)c3ccccc3-c3cccc4cccc(C5CCCCC5)c34)=CC1C1(c3ccccc32)C2CC3CC2CC31. The van der Waals surface area contributed by atoms with Crippen molar-refractivity contribution in [3.05, 3.63) is 216 Å². The number of para-hydroxylation sites is 2. The molecule has 1 heterocycles. The lowest BCUT2D eigenvalue weighted by atomic mass is 9.58. The molecule has 0 saturated heterocycles. The third-order valence-electron chi connectivity index (χ3n) is 18.9. The molecule has 0 radical (unpaired) electrons. The zero-order valence-electron chi connectivity index (χ0n) is 39.5. The fourth-order valence-electron chi connectivity index (χ4n) is 16.3. The van der Waals surface area contributed by atoms with Crippen molar-refractivity contribution < 1.29 is 0 Å². The van der Waals surface area contributed by atoms with Crippen LogP contribution in [0.4, 0.5) is 17.1 Å². The lowest BCUT2D eigenvalue weighted by Crippen LogP contribution is -2.44. The molecule has 2 heteroatoms. The number of thiophene rings is 1. The van der Waals surface area contributed by atoms with Crippen LogP contribution < -0.4 is 4.90 Å². The minimum absolute atomic E-state index is 0.0233. The second kappa shape index (κ2) is 15.3. The third-order valence-corrected chi connectivity index (χ3v) is 20.0. The highest BCUT2D eigenvalue weighted by Gasteiger charge is 2.74. The summed E-state index contributed by atoms with van der Waals surface area (Å²) in [6, 6.07) is 67.7. The van der Waals surface area contributed by atoms with E-state index >= 15 is 0 Å². The maximum atomic E-state index is 2.79. The first kappa shape index (κ1) is 40.4. The van der Waals surface area contributed by atoms with Crippen LogP contribution in [0.5, 0.6) is 0 Å². The molecule has 7 aliphatic rings. The fraction of sp³-hybridized carbons (Fsp3) is 0.254. The molecule has 16 rings (SSSR count). The second-order valence-corrected chi connectivity index (χ2v) is 23.0. The van der Waals surface area contributed by atoms with Crippen molar-refractivity contribution in [2.24, 2.45) is 29.6 Å². The van der Waals surface area contributed by atoms with Gasteiger partial charge >= 0.3 is 0 Å². The van der Waals surface area contributed by atoms with E-state index in [4.69, 9.17) is 0 Å². The average molecular weight is 908 g/mol. The van der Waals surface area contributed by atoms with Crippen molar-refractivity contribution in [3.8, 4) is 22.3 Å². The van der Waals surface area contributed by atoms with Gasteiger partial charge < -0.3 is 4.90 Å². The Morgan fingerprint density at radius 1 is 0.536 bits per heavy atom. The molecule has 0 aliphatic heterocycles. The number of anilines is 3. The highest BCUT2D eigenvalue weighted by molar-refractivity contribution is 7.25. The van der Waals surface area contributed by atoms with Gasteiger partial charge in [-0.25, -0.2) is 0 Å². The predicted molar refractivity (Wildman–Crippen MR) is 292 cm³/mol. The molecular formula is C67H57NS. The van der Waals surface area contributed by atoms with Crippen molar-refractivity contribution in [3.63, 3.8) is 0 Å². The van der Waals surface area contributed by atoms with E-state index in [0.717, 1.165) is 23.7 Å². The molecule has 9 aromatic rings. The molecule has 336 valence electrons. The summed E-state index contributed by atoms with van der Waals surface area (Å²) in [5.41, 5.74) is 16.3. The summed E-state index contributed by atoms with van der Waals surface area (Å²) >= 11 is 1.90. The number of rotatable bonds is 7. The van der Waals surface area contributed by atoms with Crippen LogP contribution in [0, 0.1) is 29.6 Å². The number of allylic oxidation sites excluding steroid dienone is 4. The molecule has 1 spiro atoms. The van der Waals surface area contributed by atoms with Crippen LogP contribution in [0.1, 0.15) is 86.5 Å². The third kappa shape index (κ3) is 5.70. The van der Waals surface area contributed by atoms with E-state index in [1.165, 1.54) is 138 Å². The topological polar surface area (TPSA) is 3.24 Å². The molecular weight excluding hydrogens is 851 g/mol. The van der Waals surface area contributed by atoms with Gasteiger partial charge in [-0.05, 0) is 148 Å². The predicted octanol–water partition coefficient (Wildman–Crippen LogP) is 18.5. The van der Waals surface area contributed by atoms with Crippen molar-refractivity contribution in [2.45, 2.75) is 75.0 Å². The van der Waals surface area contributed by atoms with E-state index in [1.54, 1.807) is 11.1 Å². The Morgan fingerprint density at radius 3 is 2.01 bits per heavy atom. The van der Waals surface area contributed by atoms with Gasteiger partial charge in [0.15, 0.2) is 0 Å². The highest BCUT2D eigenvalue weighted by Crippen LogP contribution is 2.79. The fourth-order valence-corrected chi connectivity index (χ4v) is 17.5. The molecule has 5 fully saturated rings. The van der Waals surface area contributed by atoms with Crippen LogP contribution >= 0.6 is 11.3 Å². The van der Waals surface area contributed by atoms with Crippen molar-refractivity contribution >= 4 is 64.9 Å². The Hall–Kier alpha value is -6.48. The summed E-state index contributed by atoms with van der Waals surface area (Å²) in [6.07, 6.45) is 18.8. The smallest absolute Gasteiger partial charge is 0.0540 e. The number of hydrogen-bond acceptors (Lipinski definition) is 2. The highest BCUT2D eigenvalue weighted by atomic mass is 32.1. The summed E-state index contributed by atoms with van der Waals surface area (Å²) in [5.74, 6) is 4.36. The summed E-state index contributed by atoms with van der Waals surface area (Å²) in [7, 11) is 0. The Morgan fingerprint density at radius 2 is 1.19 bits per heavy atom. The largest absolute Gasteiger partial charge is 0.309 e. The monoisotopic (exact) mass is 907 g/mol. The van der Waals surface area contributed by atoms with Gasteiger partial charge in [0.25, 0.3) is 0 Å². The van der Waals surface area contributed by atoms with Gasteiger partial charge in [-0.2, -0.15) is 0 Å². The molecule has 4 bridgehead atoms. The van der Waals surface area contributed by atoms with Gasteiger partial charge in [0.05, 0.1) is 11.4 Å². The number of benzene rings is 8. The first-order valence-corrected chi connectivity index (χ1v) is 26.9. The van der Waals surface area contributed by atoms with Gasteiger partial charge in [-0.3, -0.25) is 0 Å². The van der Waals surface area contributed by atoms with E-state index < -0.39 is 0 Å². The van der Waals surface area contributed by atoms with E-state index in [0.29, 0.717) is 11.8 Å². The van der Waals surface area contributed by atoms with E-state index in [-0.39, 0.29) is 10.8 Å². The van der Waals surface area contributed by atoms with Crippen molar-refractivity contribution in [1.29, 1.82) is 0 Å². The maximum Gasteiger partial charge on any atom is 0.0540 e. The first-order valence-electron chi connectivity index (χ1n) is 26.1. The summed E-state index contributed by atoms with van der Waals surface area (Å²) in [5, 5.41) is 5.43. The van der Waals surface area contributed by atoms with Crippen LogP contribution in [0.2, 0.25) is 0 Å². The van der Waals surface area contributed by atoms with Gasteiger partial charge in [0.1, 0.15) is 0 Å². The Bertz CT molecular complexity index is 3600. The van der Waals surface area contributed by atoms with Crippen molar-refractivity contribution in [1.82, 2.24) is 0 Å². The number of nitrogens with zero attached hydrogens (tertiary/aromatic N) is 1. The molecule has 8 aromatic carbocycles. The van der Waals surface area contributed by atoms with Crippen LogP contribution in [0.25, 0.3) is 58.8 Å². The van der Waals surface area contributed by atoms with E-state index in [9.17, 15) is 0 Å². The Balaban J connectivity index is 0.950. The molecule has 6 atom stereocenters. The molecule has 1 nitrogen and oxygen atoms in total. The Labute approximate surface area is 410 Å². The van der Waals surface area contributed by atoms with E-state index in [1.807, 2.05) is 11.3 Å². The first-order chi connectivity index (χ1) is 34.1. The minimum atomic E-state index is -0.0233. The van der Waals surface area contributed by atoms with Gasteiger partial charge in [0.2, 0.25) is 0 Å². The summed E-state index contributed by atoms with van der Waals surface area (Å²) in [4.78, 5) is 2.62. The molecule has 6 unspecified atom stereocenters. The molecule has 1 aromatic heterocycles. The van der Waals surface area contributed by atoms with Gasteiger partial charge in [-0.1, -0.05) is 184 Å². The van der Waals surface area contributed by atoms with Crippen LogP contribution in [-0.4, -0.2) is 0 Å². The van der Waals surface area contributed by atoms with Gasteiger partial charge in [0, 0.05) is 53.7 Å². The maximum absolute atomic E-state index is 2.79. The molecule has 7 aliphatic carbocycles. The zero-order valence-corrected chi connectivity index (χ0v) is 40.3. The Kier molecular flexibility index (Phi) is 8.94. The molecule has 5 saturated carbocycles. The molecule has 0 N–H and O–H groups in total. The summed E-state index contributed by atoms with van der Waals surface area (Å²) in [6.45, 7) is 2.57. The van der Waals surface area contributed by atoms with Crippen molar-refractivity contribution in [2.75, 3.05) is 4.90 Å². The van der Waals surface area contributed by atoms with Gasteiger partial charge in [-0.15, -0.1) is 11.3 Å². The van der Waals surface area contributed by atoms with E-state index in [2.05, 4.69) is 206 Å². The normalized spacial score (nSPS) is 26.4. The number of fused-ring (bicyclic) bond motifs is 7. The standard InChI is InChI=1S/C67H57NS/c1-66-36-35-45(41-63(66)67(56-30-9-8-29-55(56)66)57-39-46-37-47(57)40-58(46)67)49-23-5-10-31-59(49)68(48-22-13-21-44(38-48)51-27-16-34-62-65(51)54-25-7-12-33-61(54)69-62)60-32-11-6-24-52(60)53-28-15-20-43-19-14-26-50(64(43)53)42-17-3-2-4-18-42/h5-16,19-36,38,41-42,46-47,57-58,63H,2-4,17-18,37,39-40H2,1H3. The zero-order chi connectivity index (χ0) is 45.4. The van der Waals surface area contributed by atoms with Crippen LogP contribution in [-0.2, 0) is 10.8 Å². The molecule has 0 amide bonds. The quantitative estimate of drug-likeness (QED) is 0.154.